The largest absolute Gasteiger partial charge is 0.393 e. The zero-order chi connectivity index (χ0) is 11.6. The molecule has 0 aliphatic heterocycles. The Morgan fingerprint density at radius 2 is 1.88 bits per heavy atom. The van der Waals surface area contributed by atoms with Gasteiger partial charge in [0.1, 0.15) is 0 Å². The van der Waals surface area contributed by atoms with Crippen LogP contribution in [0.25, 0.3) is 0 Å². The maximum absolute atomic E-state index is 13.9. The van der Waals surface area contributed by atoms with E-state index in [9.17, 15) is 13.9 Å². The van der Waals surface area contributed by atoms with Gasteiger partial charge in [-0.1, -0.05) is 36.8 Å². The second-order valence-corrected chi connectivity index (χ2v) is 4.53. The smallest absolute Gasteiger partial charge is 0.273 e. The van der Waals surface area contributed by atoms with Gasteiger partial charge in [0.25, 0.3) is 5.92 Å². The van der Waals surface area contributed by atoms with Crippen molar-refractivity contribution in [3.05, 3.63) is 35.9 Å². The number of aliphatic hydroxyl groups is 1. The Kier molecular flexibility index (Phi) is 3.24. The molecule has 16 heavy (non-hydrogen) atoms. The molecule has 2 unspecified atom stereocenters. The van der Waals surface area contributed by atoms with Gasteiger partial charge in [-0.15, -0.1) is 0 Å². The highest BCUT2D eigenvalue weighted by molar-refractivity contribution is 5.20. The molecule has 1 saturated carbocycles. The maximum atomic E-state index is 13.9. The van der Waals surface area contributed by atoms with Crippen molar-refractivity contribution in [1.29, 1.82) is 0 Å². The lowest BCUT2D eigenvalue weighted by molar-refractivity contribution is -0.0439. The van der Waals surface area contributed by atoms with Crippen LogP contribution in [0.2, 0.25) is 0 Å². The lowest BCUT2D eigenvalue weighted by atomic mass is 9.93. The van der Waals surface area contributed by atoms with E-state index in [1.165, 1.54) is 12.1 Å². The van der Waals surface area contributed by atoms with Crippen LogP contribution in [0.4, 0.5) is 8.78 Å². The maximum Gasteiger partial charge on any atom is 0.273 e. The van der Waals surface area contributed by atoms with E-state index in [4.69, 9.17) is 0 Å². The first-order valence-corrected chi connectivity index (χ1v) is 5.71. The van der Waals surface area contributed by atoms with Crippen LogP contribution in [0.15, 0.2) is 30.3 Å². The highest BCUT2D eigenvalue weighted by Gasteiger charge is 2.38. The molecule has 3 heteroatoms. The van der Waals surface area contributed by atoms with Crippen molar-refractivity contribution >= 4 is 0 Å². The standard InChI is InChI=1S/C13H16F2O/c14-13(15,11-6-2-1-3-7-11)9-10-5-4-8-12(10)16/h1-3,6-7,10,12,16H,4-5,8-9H2. The third-order valence-corrected chi connectivity index (χ3v) is 3.33. The van der Waals surface area contributed by atoms with Crippen LogP contribution < -0.4 is 0 Å². The third-order valence-electron chi connectivity index (χ3n) is 3.33. The number of rotatable bonds is 3. The Hall–Kier alpha value is -0.960. The number of hydrogen-bond acceptors (Lipinski definition) is 1. The van der Waals surface area contributed by atoms with Crippen molar-refractivity contribution in [3.63, 3.8) is 0 Å². The summed E-state index contributed by atoms with van der Waals surface area (Å²) in [7, 11) is 0. The number of hydrogen-bond donors (Lipinski definition) is 1. The summed E-state index contributed by atoms with van der Waals surface area (Å²) in [4.78, 5) is 0. The van der Waals surface area contributed by atoms with Crippen LogP contribution in [-0.2, 0) is 5.92 Å². The molecule has 2 rings (SSSR count). The minimum atomic E-state index is -2.82. The van der Waals surface area contributed by atoms with E-state index in [0.29, 0.717) is 12.8 Å². The van der Waals surface area contributed by atoms with Gasteiger partial charge in [-0.3, -0.25) is 0 Å². The van der Waals surface area contributed by atoms with E-state index in [2.05, 4.69) is 0 Å². The molecule has 1 nitrogen and oxygen atoms in total. The van der Waals surface area contributed by atoms with Crippen LogP contribution in [0.3, 0.4) is 0 Å². The minimum absolute atomic E-state index is 0.0501. The van der Waals surface area contributed by atoms with E-state index in [0.717, 1.165) is 6.42 Å². The van der Waals surface area contributed by atoms with Gasteiger partial charge in [0.15, 0.2) is 0 Å². The van der Waals surface area contributed by atoms with Crippen LogP contribution >= 0.6 is 0 Å². The molecular formula is C13H16F2O. The van der Waals surface area contributed by atoms with Gasteiger partial charge in [-0.05, 0) is 18.8 Å². The molecule has 1 fully saturated rings. The summed E-state index contributed by atoms with van der Waals surface area (Å²) in [6.45, 7) is 0. The zero-order valence-electron chi connectivity index (χ0n) is 9.07. The molecule has 0 amide bonds. The van der Waals surface area contributed by atoms with Gasteiger partial charge in [-0.2, -0.15) is 0 Å². The average Bonchev–Trinajstić information content (AvgIpc) is 2.65. The van der Waals surface area contributed by atoms with E-state index < -0.39 is 12.0 Å². The van der Waals surface area contributed by atoms with Crippen molar-refractivity contribution in [3.8, 4) is 0 Å². The number of aliphatic hydroxyl groups excluding tert-OH is 1. The normalized spacial score (nSPS) is 25.9. The van der Waals surface area contributed by atoms with Gasteiger partial charge in [0, 0.05) is 12.0 Å². The molecule has 1 aromatic rings. The third kappa shape index (κ3) is 2.40. The summed E-state index contributed by atoms with van der Waals surface area (Å²) in [6.07, 6.45) is 1.45. The molecule has 0 bridgehead atoms. The topological polar surface area (TPSA) is 20.2 Å². The Balaban J connectivity index is 2.08. The molecule has 0 saturated heterocycles. The highest BCUT2D eigenvalue weighted by Crippen LogP contribution is 2.40. The Morgan fingerprint density at radius 1 is 1.19 bits per heavy atom. The van der Waals surface area contributed by atoms with Crippen molar-refractivity contribution in [2.45, 2.75) is 37.7 Å². The number of halogens is 2. The van der Waals surface area contributed by atoms with E-state index in [1.807, 2.05) is 0 Å². The predicted octanol–water partition coefficient (Wildman–Crippen LogP) is 3.33. The van der Waals surface area contributed by atoms with Gasteiger partial charge in [0.05, 0.1) is 6.10 Å². The predicted molar refractivity (Wildman–Crippen MR) is 58.3 cm³/mol. The SMILES string of the molecule is OC1CCCC1CC(F)(F)c1ccccc1. The fraction of sp³-hybridized carbons (Fsp3) is 0.538. The summed E-state index contributed by atoms with van der Waals surface area (Å²) >= 11 is 0. The summed E-state index contributed by atoms with van der Waals surface area (Å²) in [5, 5.41) is 9.57. The van der Waals surface area contributed by atoms with E-state index >= 15 is 0 Å². The van der Waals surface area contributed by atoms with Gasteiger partial charge in [-0.25, -0.2) is 8.78 Å². The Bertz CT molecular complexity index is 337. The van der Waals surface area contributed by atoms with E-state index in [1.54, 1.807) is 18.2 Å². The van der Waals surface area contributed by atoms with Crippen molar-refractivity contribution in [1.82, 2.24) is 0 Å². The van der Waals surface area contributed by atoms with Crippen LogP contribution in [0.5, 0.6) is 0 Å². The molecule has 0 aromatic heterocycles. The van der Waals surface area contributed by atoms with Gasteiger partial charge < -0.3 is 5.11 Å². The molecule has 1 aliphatic carbocycles. The fourth-order valence-electron chi connectivity index (χ4n) is 2.38. The minimum Gasteiger partial charge on any atom is -0.393 e. The van der Waals surface area contributed by atoms with Crippen molar-refractivity contribution in [2.24, 2.45) is 5.92 Å². The lowest BCUT2D eigenvalue weighted by Crippen LogP contribution is -2.23. The molecule has 0 radical (unpaired) electrons. The quantitative estimate of drug-likeness (QED) is 0.838. The summed E-state index contributed by atoms with van der Waals surface area (Å²) in [5.74, 6) is -3.08. The molecular weight excluding hydrogens is 210 g/mol. The average molecular weight is 226 g/mol. The first-order chi connectivity index (χ1) is 7.59. The highest BCUT2D eigenvalue weighted by atomic mass is 19.3. The molecule has 88 valence electrons. The van der Waals surface area contributed by atoms with Crippen LogP contribution in [-0.4, -0.2) is 11.2 Å². The van der Waals surface area contributed by atoms with E-state index in [-0.39, 0.29) is 17.9 Å². The number of benzene rings is 1. The molecule has 1 aromatic carbocycles. The fourth-order valence-corrected chi connectivity index (χ4v) is 2.38. The lowest BCUT2D eigenvalue weighted by Gasteiger charge is -2.22. The zero-order valence-corrected chi connectivity index (χ0v) is 9.07. The monoisotopic (exact) mass is 226 g/mol. The summed E-state index contributed by atoms with van der Waals surface area (Å²) < 4.78 is 27.7. The second-order valence-electron chi connectivity index (χ2n) is 4.53. The molecule has 1 N–H and O–H groups in total. The summed E-state index contributed by atoms with van der Waals surface area (Å²) in [6, 6.07) is 7.86. The van der Waals surface area contributed by atoms with Gasteiger partial charge >= 0.3 is 0 Å². The molecule has 2 atom stereocenters. The van der Waals surface area contributed by atoms with Crippen LogP contribution in [0.1, 0.15) is 31.2 Å². The molecule has 0 heterocycles. The first-order valence-electron chi connectivity index (χ1n) is 5.71. The van der Waals surface area contributed by atoms with Crippen LogP contribution in [0, 0.1) is 5.92 Å². The van der Waals surface area contributed by atoms with Crippen molar-refractivity contribution in [2.75, 3.05) is 0 Å². The first kappa shape index (κ1) is 11.5. The Morgan fingerprint density at radius 3 is 2.44 bits per heavy atom. The Labute approximate surface area is 94.1 Å². The second kappa shape index (κ2) is 4.50. The summed E-state index contributed by atoms with van der Waals surface area (Å²) in [5.41, 5.74) is 0.0501. The molecule has 0 spiro atoms. The molecule has 1 aliphatic rings. The van der Waals surface area contributed by atoms with Gasteiger partial charge in [0.2, 0.25) is 0 Å². The van der Waals surface area contributed by atoms with Crippen molar-refractivity contribution < 1.29 is 13.9 Å². The number of alkyl halides is 2.